The number of halogens is 2. The van der Waals surface area contributed by atoms with Crippen molar-refractivity contribution in [1.82, 2.24) is 10.2 Å². The molecule has 0 spiro atoms. The fourth-order valence-corrected chi connectivity index (χ4v) is 4.07. The van der Waals surface area contributed by atoms with Crippen molar-refractivity contribution in [3.05, 3.63) is 64.4 Å². The Morgan fingerprint density at radius 3 is 2.53 bits per heavy atom. The van der Waals surface area contributed by atoms with Crippen LogP contribution in [0.3, 0.4) is 0 Å². The first-order chi connectivity index (χ1) is 14.4. The lowest BCUT2D eigenvalue weighted by molar-refractivity contribution is -0.138. The van der Waals surface area contributed by atoms with Gasteiger partial charge in [-0.1, -0.05) is 29.8 Å². The van der Waals surface area contributed by atoms with Gasteiger partial charge in [0.2, 0.25) is 11.8 Å². The summed E-state index contributed by atoms with van der Waals surface area (Å²) >= 11 is 7.32. The topological polar surface area (TPSA) is 58.6 Å². The van der Waals surface area contributed by atoms with Gasteiger partial charge in [-0.2, -0.15) is 0 Å². The third-order valence-electron chi connectivity index (χ3n) is 4.56. The van der Waals surface area contributed by atoms with Crippen LogP contribution in [0.2, 0.25) is 5.02 Å². The monoisotopic (exact) mass is 452 g/mol. The van der Waals surface area contributed by atoms with Gasteiger partial charge in [0.05, 0.1) is 12.9 Å². The number of nitrogens with zero attached hydrogens (tertiary/aromatic N) is 1. The van der Waals surface area contributed by atoms with E-state index in [4.69, 9.17) is 16.3 Å². The van der Waals surface area contributed by atoms with Crippen molar-refractivity contribution >= 4 is 35.2 Å². The molecule has 1 N–H and O–H groups in total. The number of thioether (sulfide) groups is 1. The highest BCUT2D eigenvalue weighted by Gasteiger charge is 2.25. The van der Waals surface area contributed by atoms with Crippen LogP contribution in [0.4, 0.5) is 4.39 Å². The van der Waals surface area contributed by atoms with Gasteiger partial charge in [0.15, 0.2) is 0 Å². The van der Waals surface area contributed by atoms with E-state index in [1.54, 1.807) is 26.2 Å². The Labute approximate surface area is 185 Å². The van der Waals surface area contributed by atoms with Crippen LogP contribution in [0.25, 0.3) is 0 Å². The predicted molar refractivity (Wildman–Crippen MR) is 119 cm³/mol. The number of benzene rings is 2. The maximum atomic E-state index is 13.9. The van der Waals surface area contributed by atoms with Gasteiger partial charge < -0.3 is 15.0 Å². The van der Waals surface area contributed by atoms with Crippen LogP contribution in [0, 0.1) is 5.82 Å². The van der Waals surface area contributed by atoms with E-state index >= 15 is 0 Å². The van der Waals surface area contributed by atoms with Gasteiger partial charge in [0, 0.05) is 29.4 Å². The minimum absolute atomic E-state index is 0.102. The maximum absolute atomic E-state index is 13.9. The predicted octanol–water partition coefficient (Wildman–Crippen LogP) is 4.27. The van der Waals surface area contributed by atoms with E-state index in [2.05, 4.69) is 5.32 Å². The van der Waals surface area contributed by atoms with E-state index in [0.717, 1.165) is 5.56 Å². The molecule has 0 bridgehead atoms. The van der Waals surface area contributed by atoms with Crippen LogP contribution in [0.15, 0.2) is 42.5 Å². The highest BCUT2D eigenvalue weighted by atomic mass is 35.5. The number of likely N-dealkylation sites (N-methyl/N-ethyl adjacent to an activating group) is 1. The summed E-state index contributed by atoms with van der Waals surface area (Å²) in [5.41, 5.74) is 1.25. The Hall–Kier alpha value is -2.25. The molecule has 0 fully saturated rings. The molecule has 2 aromatic carbocycles. The van der Waals surface area contributed by atoms with Crippen LogP contribution in [-0.2, 0) is 21.9 Å². The van der Waals surface area contributed by atoms with E-state index in [1.807, 2.05) is 31.2 Å². The number of carbonyl (C=O) groups excluding carboxylic acids is 2. The number of methoxy groups -OCH3 is 1. The zero-order chi connectivity index (χ0) is 22.1. The summed E-state index contributed by atoms with van der Waals surface area (Å²) in [6.07, 6.45) is 0. The molecule has 8 heteroatoms. The van der Waals surface area contributed by atoms with Crippen LogP contribution >= 0.6 is 23.4 Å². The van der Waals surface area contributed by atoms with Crippen LogP contribution in [0.1, 0.15) is 25.0 Å². The molecule has 2 aromatic rings. The van der Waals surface area contributed by atoms with E-state index in [-0.39, 0.29) is 29.9 Å². The van der Waals surface area contributed by atoms with E-state index < -0.39 is 11.9 Å². The Balaban J connectivity index is 2.09. The second kappa shape index (κ2) is 11.8. The molecule has 0 saturated heterocycles. The summed E-state index contributed by atoms with van der Waals surface area (Å²) in [6.45, 7) is 4.29. The van der Waals surface area contributed by atoms with E-state index in [9.17, 15) is 14.0 Å². The number of carbonyl (C=O) groups is 2. The number of ether oxygens (including phenoxy) is 1. The molecule has 0 heterocycles. The molecule has 0 saturated carbocycles. The minimum atomic E-state index is -0.641. The van der Waals surface area contributed by atoms with Crippen molar-refractivity contribution in [1.29, 1.82) is 0 Å². The third kappa shape index (κ3) is 6.64. The molecule has 1 unspecified atom stereocenters. The molecule has 0 aromatic heterocycles. The highest BCUT2D eigenvalue weighted by molar-refractivity contribution is 7.99. The van der Waals surface area contributed by atoms with Crippen molar-refractivity contribution in [2.45, 2.75) is 32.2 Å². The summed E-state index contributed by atoms with van der Waals surface area (Å²) in [4.78, 5) is 26.9. The molecule has 2 amide bonds. The van der Waals surface area contributed by atoms with Gasteiger partial charge in [0.25, 0.3) is 0 Å². The molecule has 0 aliphatic rings. The molecule has 5 nitrogen and oxygen atoms in total. The molecule has 0 aliphatic carbocycles. The lowest BCUT2D eigenvalue weighted by atomic mass is 10.1. The molecule has 0 radical (unpaired) electrons. The number of nitrogens with one attached hydrogen (secondary N) is 1. The van der Waals surface area contributed by atoms with E-state index in [1.165, 1.54) is 22.7 Å². The summed E-state index contributed by atoms with van der Waals surface area (Å²) in [5.74, 6) is 0.260. The molecule has 30 heavy (non-hydrogen) atoms. The fourth-order valence-electron chi connectivity index (χ4n) is 2.83. The molecule has 0 aliphatic heterocycles. The lowest BCUT2D eigenvalue weighted by Crippen LogP contribution is -2.48. The number of rotatable bonds is 10. The van der Waals surface area contributed by atoms with Crippen molar-refractivity contribution in [2.75, 3.05) is 19.4 Å². The average molecular weight is 453 g/mol. The largest absolute Gasteiger partial charge is 0.497 e. The summed E-state index contributed by atoms with van der Waals surface area (Å²) < 4.78 is 19.1. The third-order valence-corrected chi connectivity index (χ3v) is 5.86. The van der Waals surface area contributed by atoms with Crippen LogP contribution in [0.5, 0.6) is 5.75 Å². The Morgan fingerprint density at radius 1 is 1.23 bits per heavy atom. The fraction of sp³-hybridized carbons (Fsp3) is 0.364. The summed E-state index contributed by atoms with van der Waals surface area (Å²) in [5, 5.41) is 3.09. The van der Waals surface area contributed by atoms with Gasteiger partial charge in [0.1, 0.15) is 17.6 Å². The lowest BCUT2D eigenvalue weighted by Gasteiger charge is -2.28. The minimum Gasteiger partial charge on any atom is -0.497 e. The molecular weight excluding hydrogens is 427 g/mol. The zero-order valence-corrected chi connectivity index (χ0v) is 18.9. The summed E-state index contributed by atoms with van der Waals surface area (Å²) in [6, 6.07) is 11.2. The first-order valence-corrected chi connectivity index (χ1v) is 11.1. The Bertz CT molecular complexity index is 844. The van der Waals surface area contributed by atoms with Crippen LogP contribution < -0.4 is 10.1 Å². The molecular formula is C22H26ClFN2O3S. The van der Waals surface area contributed by atoms with Gasteiger partial charge in [-0.15, -0.1) is 11.8 Å². The summed E-state index contributed by atoms with van der Waals surface area (Å²) in [7, 11) is 1.58. The standard InChI is InChI=1S/C22H26ClFN2O3S/c1-4-25-22(28)15(2)26(12-16-8-10-17(29-3)11-9-16)21(27)14-30-13-18-19(23)6-5-7-20(18)24/h5-11,15H,4,12-14H2,1-3H3,(H,25,28). The van der Waals surface area contributed by atoms with Crippen LogP contribution in [-0.4, -0.2) is 42.2 Å². The van der Waals surface area contributed by atoms with E-state index in [0.29, 0.717) is 22.9 Å². The molecule has 2 rings (SSSR count). The van der Waals surface area contributed by atoms with Gasteiger partial charge >= 0.3 is 0 Å². The van der Waals surface area contributed by atoms with Gasteiger partial charge in [-0.05, 0) is 43.7 Å². The van der Waals surface area contributed by atoms with Crippen molar-refractivity contribution in [3.63, 3.8) is 0 Å². The van der Waals surface area contributed by atoms with Gasteiger partial charge in [-0.25, -0.2) is 4.39 Å². The van der Waals surface area contributed by atoms with Gasteiger partial charge in [-0.3, -0.25) is 9.59 Å². The maximum Gasteiger partial charge on any atom is 0.242 e. The second-order valence-corrected chi connectivity index (χ2v) is 8.03. The first-order valence-electron chi connectivity index (χ1n) is 9.58. The van der Waals surface area contributed by atoms with Crippen molar-refractivity contribution in [3.8, 4) is 5.75 Å². The second-order valence-electron chi connectivity index (χ2n) is 6.63. The highest BCUT2D eigenvalue weighted by Crippen LogP contribution is 2.24. The molecule has 1 atom stereocenters. The number of hydrogen-bond acceptors (Lipinski definition) is 4. The average Bonchev–Trinajstić information content (AvgIpc) is 2.74. The Morgan fingerprint density at radius 2 is 1.93 bits per heavy atom. The quantitative estimate of drug-likeness (QED) is 0.584. The number of amides is 2. The van der Waals surface area contributed by atoms with Crippen molar-refractivity contribution in [2.24, 2.45) is 0 Å². The molecule has 162 valence electrons. The normalized spacial score (nSPS) is 11.6. The first kappa shape index (κ1) is 24.0. The Kier molecular flexibility index (Phi) is 9.46. The SMILES string of the molecule is CCNC(=O)C(C)N(Cc1ccc(OC)cc1)C(=O)CSCc1c(F)cccc1Cl. The smallest absolute Gasteiger partial charge is 0.242 e. The van der Waals surface area contributed by atoms with Crippen molar-refractivity contribution < 1.29 is 18.7 Å². The number of hydrogen-bond donors (Lipinski definition) is 1. The zero-order valence-electron chi connectivity index (χ0n) is 17.3.